The number of carboxylic acid groups (broad SMARTS) is 1. The van der Waals surface area contributed by atoms with Crippen molar-refractivity contribution in [1.82, 2.24) is 15.0 Å². The maximum absolute atomic E-state index is 13.1. The molecule has 3 heterocycles. The largest absolute Gasteiger partial charge is 0.478 e. The average molecular weight is 605 g/mol. The number of aromatic nitrogens is 3. The molecule has 0 amide bonds. The number of carbonyl (C=O) groups is 1. The molecule has 0 unspecified atom stereocenters. The summed E-state index contributed by atoms with van der Waals surface area (Å²) in [6, 6.07) is 8.55. The first-order valence-corrected chi connectivity index (χ1v) is 13.1. The van der Waals surface area contributed by atoms with Gasteiger partial charge in [-0.05, 0) is 95.2 Å². The number of pyridine rings is 2. The maximum Gasteiger partial charge on any atom is 0.416 e. The molecule has 3 aromatic heterocycles. The highest BCUT2D eigenvalue weighted by Gasteiger charge is 2.40. The number of anilines is 2. The summed E-state index contributed by atoms with van der Waals surface area (Å²) in [6.45, 7) is 1.83. The number of nitrogens with one attached hydrogen (secondary N) is 1. The van der Waals surface area contributed by atoms with Gasteiger partial charge < -0.3 is 15.5 Å². The van der Waals surface area contributed by atoms with E-state index in [0.29, 0.717) is 50.7 Å². The number of halogens is 4. The van der Waals surface area contributed by atoms with Crippen LogP contribution in [0.1, 0.15) is 50.5 Å². The number of aliphatic hydroxyl groups is 1. The predicted molar refractivity (Wildman–Crippen MR) is 140 cm³/mol. The van der Waals surface area contributed by atoms with E-state index in [2.05, 4.69) is 36.2 Å². The number of benzene rings is 1. The summed E-state index contributed by atoms with van der Waals surface area (Å²) in [5, 5.41) is 24.5. The molecule has 12 heteroatoms. The fourth-order valence-corrected chi connectivity index (χ4v) is 6.04. The van der Waals surface area contributed by atoms with E-state index in [-0.39, 0.29) is 11.4 Å². The van der Waals surface area contributed by atoms with Crippen LogP contribution in [-0.4, -0.2) is 31.1 Å². The van der Waals surface area contributed by atoms with Crippen molar-refractivity contribution in [2.24, 2.45) is 0 Å². The summed E-state index contributed by atoms with van der Waals surface area (Å²) in [5.74, 6) is -0.734. The van der Waals surface area contributed by atoms with Gasteiger partial charge in [0, 0.05) is 16.9 Å². The Morgan fingerprint density at radius 3 is 2.68 bits per heavy atom. The standard InChI is InChI=1S/C26H20BrF3N4O3S/c1-13-7-19(33-22(8-13)34-21-10-15(4-6-31-21)26(28,29)30)20-12-32-24(38-20)25(37)5-2-3-14-9-16(23(35)36)18(27)11-17(14)25/h4,6-12,37H,2-3,5H2,1H3,(H,35,36)(H,31,33,34)/t25-/m0/s1. The van der Waals surface area contributed by atoms with Crippen LogP contribution in [0.4, 0.5) is 24.8 Å². The van der Waals surface area contributed by atoms with Crippen molar-refractivity contribution in [3.63, 3.8) is 0 Å². The summed E-state index contributed by atoms with van der Waals surface area (Å²) >= 11 is 4.56. The van der Waals surface area contributed by atoms with Gasteiger partial charge in [0.2, 0.25) is 0 Å². The molecule has 38 heavy (non-hydrogen) atoms. The molecule has 4 aromatic rings. The van der Waals surface area contributed by atoms with Gasteiger partial charge in [-0.2, -0.15) is 13.2 Å². The minimum Gasteiger partial charge on any atom is -0.478 e. The van der Waals surface area contributed by atoms with Crippen LogP contribution in [0.5, 0.6) is 0 Å². The van der Waals surface area contributed by atoms with E-state index < -0.39 is 23.3 Å². The van der Waals surface area contributed by atoms with Crippen molar-refractivity contribution in [3.8, 4) is 10.6 Å². The third kappa shape index (κ3) is 5.03. The lowest BCUT2D eigenvalue weighted by Gasteiger charge is -2.33. The third-order valence-electron chi connectivity index (χ3n) is 6.28. The first-order valence-electron chi connectivity index (χ1n) is 11.5. The lowest BCUT2D eigenvalue weighted by atomic mass is 9.79. The molecule has 1 aliphatic rings. The number of fused-ring (bicyclic) bond motifs is 1. The second-order valence-corrected chi connectivity index (χ2v) is 10.9. The van der Waals surface area contributed by atoms with Crippen molar-refractivity contribution in [2.75, 3.05) is 5.32 Å². The summed E-state index contributed by atoms with van der Waals surface area (Å²) in [4.78, 5) is 25.2. The highest BCUT2D eigenvalue weighted by molar-refractivity contribution is 9.10. The van der Waals surface area contributed by atoms with Crippen LogP contribution in [0.2, 0.25) is 0 Å². The van der Waals surface area contributed by atoms with Crippen molar-refractivity contribution >= 4 is 44.9 Å². The van der Waals surface area contributed by atoms with Crippen molar-refractivity contribution in [2.45, 2.75) is 38.0 Å². The Kier molecular flexibility index (Phi) is 6.74. The Hall–Kier alpha value is -3.35. The zero-order valence-corrected chi connectivity index (χ0v) is 22.2. The number of aryl methyl sites for hydroxylation is 2. The topological polar surface area (TPSA) is 108 Å². The lowest BCUT2D eigenvalue weighted by molar-refractivity contribution is -0.137. The van der Waals surface area contributed by atoms with Crippen LogP contribution in [0.3, 0.4) is 0 Å². The van der Waals surface area contributed by atoms with Crippen LogP contribution in [0.15, 0.2) is 53.3 Å². The van der Waals surface area contributed by atoms with Crippen LogP contribution < -0.4 is 5.32 Å². The minimum absolute atomic E-state index is 0.00768. The lowest BCUT2D eigenvalue weighted by Crippen LogP contribution is -2.32. The summed E-state index contributed by atoms with van der Waals surface area (Å²) in [6.07, 6.45) is -0.104. The number of hydrogen-bond donors (Lipinski definition) is 3. The number of hydrogen-bond acceptors (Lipinski definition) is 7. The quantitative estimate of drug-likeness (QED) is 0.232. The Morgan fingerprint density at radius 1 is 1.16 bits per heavy atom. The van der Waals surface area contributed by atoms with E-state index in [4.69, 9.17) is 0 Å². The van der Waals surface area contributed by atoms with Crippen molar-refractivity contribution in [1.29, 1.82) is 0 Å². The Morgan fingerprint density at radius 2 is 1.95 bits per heavy atom. The highest BCUT2D eigenvalue weighted by Crippen LogP contribution is 2.45. The molecular formula is C26H20BrF3N4O3S. The molecule has 1 aromatic carbocycles. The molecule has 5 rings (SSSR count). The Bertz CT molecular complexity index is 1560. The first kappa shape index (κ1) is 26.3. The maximum atomic E-state index is 13.1. The number of aromatic carboxylic acids is 1. The molecule has 0 saturated carbocycles. The number of thiazole rings is 1. The monoisotopic (exact) mass is 604 g/mol. The van der Waals surface area contributed by atoms with Crippen LogP contribution in [0, 0.1) is 6.92 Å². The Balaban J connectivity index is 1.47. The van der Waals surface area contributed by atoms with E-state index in [0.717, 1.165) is 29.5 Å². The second-order valence-electron chi connectivity index (χ2n) is 9.01. The van der Waals surface area contributed by atoms with Gasteiger partial charge in [-0.25, -0.2) is 19.7 Å². The van der Waals surface area contributed by atoms with Crippen molar-refractivity contribution < 1.29 is 28.2 Å². The highest BCUT2D eigenvalue weighted by atomic mass is 79.9. The molecule has 196 valence electrons. The molecule has 1 atom stereocenters. The molecule has 0 radical (unpaired) electrons. The first-order chi connectivity index (χ1) is 17.9. The zero-order valence-electron chi connectivity index (χ0n) is 19.8. The summed E-state index contributed by atoms with van der Waals surface area (Å²) in [7, 11) is 0. The van der Waals surface area contributed by atoms with Crippen LogP contribution in [-0.2, 0) is 18.2 Å². The number of nitrogens with zero attached hydrogens (tertiary/aromatic N) is 3. The van der Waals surface area contributed by atoms with Gasteiger partial charge in [-0.3, -0.25) is 0 Å². The van der Waals surface area contributed by atoms with Gasteiger partial charge in [0.25, 0.3) is 0 Å². The Labute approximate surface area is 227 Å². The number of rotatable bonds is 5. The zero-order chi connectivity index (χ0) is 27.2. The summed E-state index contributed by atoms with van der Waals surface area (Å²) in [5.41, 5.74) is 0.617. The SMILES string of the molecule is Cc1cc(Nc2cc(C(F)(F)F)ccn2)nc(-c2cnc([C@]3(O)CCCc4cc(C(=O)O)c(Br)cc43)s2)c1. The van der Waals surface area contributed by atoms with E-state index >= 15 is 0 Å². The van der Waals surface area contributed by atoms with Gasteiger partial charge in [0.15, 0.2) is 0 Å². The smallest absolute Gasteiger partial charge is 0.416 e. The van der Waals surface area contributed by atoms with E-state index in [1.807, 2.05) is 13.0 Å². The third-order valence-corrected chi connectivity index (χ3v) is 8.11. The molecule has 3 N–H and O–H groups in total. The van der Waals surface area contributed by atoms with Crippen molar-refractivity contribution in [3.05, 3.63) is 86.1 Å². The summed E-state index contributed by atoms with van der Waals surface area (Å²) < 4.78 is 39.6. The van der Waals surface area contributed by atoms with Crippen LogP contribution >= 0.6 is 27.3 Å². The van der Waals surface area contributed by atoms with Crippen LogP contribution in [0.25, 0.3) is 10.6 Å². The van der Waals surface area contributed by atoms with E-state index in [1.165, 1.54) is 11.3 Å². The minimum atomic E-state index is -4.49. The molecular weight excluding hydrogens is 585 g/mol. The van der Waals surface area contributed by atoms with Gasteiger partial charge in [0.1, 0.15) is 22.2 Å². The van der Waals surface area contributed by atoms with E-state index in [1.54, 1.807) is 24.4 Å². The normalized spacial score (nSPS) is 17.2. The molecule has 0 spiro atoms. The molecule has 0 aliphatic heterocycles. The van der Waals surface area contributed by atoms with Gasteiger partial charge >= 0.3 is 12.1 Å². The van der Waals surface area contributed by atoms with Gasteiger partial charge in [0.05, 0.1) is 21.7 Å². The molecule has 0 bridgehead atoms. The van der Waals surface area contributed by atoms with Gasteiger partial charge in [-0.1, -0.05) is 0 Å². The molecule has 0 saturated heterocycles. The van der Waals surface area contributed by atoms with E-state index in [9.17, 15) is 28.2 Å². The molecule has 7 nitrogen and oxygen atoms in total. The molecule has 1 aliphatic carbocycles. The second kappa shape index (κ2) is 9.75. The predicted octanol–water partition coefficient (Wildman–Crippen LogP) is 6.70. The number of alkyl halides is 3. The fraction of sp³-hybridized carbons (Fsp3) is 0.231. The van der Waals surface area contributed by atoms with Gasteiger partial charge in [-0.15, -0.1) is 11.3 Å². The number of carboxylic acids is 1. The molecule has 0 fully saturated rings. The fourth-order valence-electron chi connectivity index (χ4n) is 4.51. The average Bonchev–Trinajstić information content (AvgIpc) is 3.35.